The molecule has 1 fully saturated rings. The number of hydrogen-bond acceptors (Lipinski definition) is 3. The van der Waals surface area contributed by atoms with Gasteiger partial charge in [-0.15, -0.1) is 0 Å². The predicted molar refractivity (Wildman–Crippen MR) is 126 cm³/mol. The molecule has 0 aliphatic carbocycles. The summed E-state index contributed by atoms with van der Waals surface area (Å²) in [5.74, 6) is -0.280. The average molecular weight is 455 g/mol. The first-order chi connectivity index (χ1) is 16.4. The number of rotatable bonds is 3. The van der Waals surface area contributed by atoms with Gasteiger partial charge >= 0.3 is 6.03 Å². The lowest BCUT2D eigenvalue weighted by Crippen LogP contribution is -2.50. The number of fused-ring (bicyclic) bond motifs is 5. The Kier molecular flexibility index (Phi) is 4.33. The molecular formula is C27H22FN3O3. The monoisotopic (exact) mass is 455 g/mol. The lowest BCUT2D eigenvalue weighted by Gasteiger charge is -2.40. The van der Waals surface area contributed by atoms with Crippen molar-refractivity contribution in [1.29, 1.82) is 0 Å². The summed E-state index contributed by atoms with van der Waals surface area (Å²) in [6.07, 6.45) is 0. The minimum absolute atomic E-state index is 0.208. The maximum Gasteiger partial charge on any atom is 0.332 e. The Hall–Kier alpha value is -4.13. The number of nitrogens with one attached hydrogen (secondary N) is 1. The Morgan fingerprint density at radius 3 is 2.47 bits per heavy atom. The van der Waals surface area contributed by atoms with Crippen LogP contribution < -0.4 is 9.64 Å². The van der Waals surface area contributed by atoms with Gasteiger partial charge in [0.2, 0.25) is 0 Å². The van der Waals surface area contributed by atoms with E-state index in [-0.39, 0.29) is 11.8 Å². The second-order valence-electron chi connectivity index (χ2n) is 8.84. The molecule has 170 valence electrons. The fourth-order valence-electron chi connectivity index (χ4n) is 5.44. The zero-order chi connectivity index (χ0) is 23.6. The van der Waals surface area contributed by atoms with Crippen LogP contribution in [-0.2, 0) is 10.3 Å². The molecule has 2 atom stereocenters. The SMILES string of the molecule is COc1ccccc1C1CN2C(=O)N(c3ccc(F)cc3)C(=O)[C@]2(C)c2[nH]c3ccccc3c21. The van der Waals surface area contributed by atoms with Gasteiger partial charge in [0.1, 0.15) is 11.6 Å². The first kappa shape index (κ1) is 20.5. The van der Waals surface area contributed by atoms with Gasteiger partial charge in [0.25, 0.3) is 5.91 Å². The molecule has 0 saturated carbocycles. The van der Waals surface area contributed by atoms with E-state index in [1.807, 2.05) is 48.5 Å². The van der Waals surface area contributed by atoms with Crippen molar-refractivity contribution in [1.82, 2.24) is 9.88 Å². The summed E-state index contributed by atoms with van der Waals surface area (Å²) in [5.41, 5.74) is 2.64. The number of imide groups is 1. The quantitative estimate of drug-likeness (QED) is 0.435. The summed E-state index contributed by atoms with van der Waals surface area (Å²) in [5, 5.41) is 1.01. The van der Waals surface area contributed by atoms with Crippen LogP contribution in [0.5, 0.6) is 5.75 Å². The number of benzene rings is 3. The van der Waals surface area contributed by atoms with Crippen molar-refractivity contribution in [2.45, 2.75) is 18.4 Å². The number of hydrogen-bond donors (Lipinski definition) is 1. The summed E-state index contributed by atoms with van der Waals surface area (Å²) in [4.78, 5) is 33.8. The molecule has 6 rings (SSSR count). The fraction of sp³-hybridized carbons (Fsp3) is 0.185. The number of carbonyl (C=O) groups is 2. The highest BCUT2D eigenvalue weighted by Gasteiger charge is 2.60. The molecule has 6 nitrogen and oxygen atoms in total. The Morgan fingerprint density at radius 1 is 1.00 bits per heavy atom. The van der Waals surface area contributed by atoms with Crippen molar-refractivity contribution in [3.8, 4) is 5.75 Å². The molecule has 3 aromatic carbocycles. The smallest absolute Gasteiger partial charge is 0.332 e. The van der Waals surface area contributed by atoms with Crippen molar-refractivity contribution in [2.24, 2.45) is 0 Å². The third kappa shape index (κ3) is 2.61. The largest absolute Gasteiger partial charge is 0.496 e. The summed E-state index contributed by atoms with van der Waals surface area (Å²) in [6, 6.07) is 20.7. The first-order valence-corrected chi connectivity index (χ1v) is 11.1. The Bertz CT molecular complexity index is 1460. The maximum atomic E-state index is 13.9. The average Bonchev–Trinajstić information content (AvgIpc) is 3.34. The van der Waals surface area contributed by atoms with Crippen molar-refractivity contribution in [2.75, 3.05) is 18.6 Å². The third-order valence-electron chi connectivity index (χ3n) is 7.13. The van der Waals surface area contributed by atoms with Gasteiger partial charge in [-0.2, -0.15) is 0 Å². The number of amides is 3. The number of urea groups is 1. The van der Waals surface area contributed by atoms with E-state index >= 15 is 0 Å². The van der Waals surface area contributed by atoms with Gasteiger partial charge in [0, 0.05) is 28.9 Å². The minimum Gasteiger partial charge on any atom is -0.496 e. The first-order valence-electron chi connectivity index (χ1n) is 11.1. The van der Waals surface area contributed by atoms with Crippen LogP contribution in [0.4, 0.5) is 14.9 Å². The van der Waals surface area contributed by atoms with Crippen molar-refractivity contribution in [3.63, 3.8) is 0 Å². The standard InChI is InChI=1S/C27H22FN3O3/c1-27-24-23(19-8-3-5-9-21(19)29-24)20(18-7-4-6-10-22(18)34-2)15-30(27)26(33)31(25(27)32)17-13-11-16(28)12-14-17/h3-14,20,29H,15H2,1-2H3/t20?,27-/m0/s1. The highest BCUT2D eigenvalue weighted by molar-refractivity contribution is 6.23. The molecule has 3 heterocycles. The Labute approximate surface area is 195 Å². The van der Waals surface area contributed by atoms with Gasteiger partial charge in [-0.05, 0) is 48.9 Å². The van der Waals surface area contributed by atoms with Gasteiger partial charge in [-0.1, -0.05) is 36.4 Å². The van der Waals surface area contributed by atoms with Crippen LogP contribution in [0.2, 0.25) is 0 Å². The minimum atomic E-state index is -1.22. The molecule has 2 aliphatic rings. The molecule has 1 saturated heterocycles. The van der Waals surface area contributed by atoms with E-state index in [0.29, 0.717) is 17.9 Å². The van der Waals surface area contributed by atoms with E-state index in [4.69, 9.17) is 4.74 Å². The molecule has 1 N–H and O–H groups in total. The summed E-state index contributed by atoms with van der Waals surface area (Å²) < 4.78 is 19.2. The fourth-order valence-corrected chi connectivity index (χ4v) is 5.44. The molecular weight excluding hydrogens is 433 g/mol. The number of anilines is 1. The normalized spacial score (nSPS) is 21.7. The molecule has 0 bridgehead atoms. The van der Waals surface area contributed by atoms with E-state index in [9.17, 15) is 14.0 Å². The van der Waals surface area contributed by atoms with Crippen LogP contribution in [0.25, 0.3) is 10.9 Å². The molecule has 0 radical (unpaired) electrons. The van der Waals surface area contributed by atoms with Crippen LogP contribution >= 0.6 is 0 Å². The van der Waals surface area contributed by atoms with Crippen LogP contribution in [0, 0.1) is 5.82 Å². The van der Waals surface area contributed by atoms with Crippen LogP contribution in [0.15, 0.2) is 72.8 Å². The number of aromatic nitrogens is 1. The molecule has 4 aromatic rings. The van der Waals surface area contributed by atoms with Crippen molar-refractivity contribution >= 4 is 28.5 Å². The predicted octanol–water partition coefficient (Wildman–Crippen LogP) is 5.15. The number of ether oxygens (including phenoxy) is 1. The Balaban J connectivity index is 1.60. The van der Waals surface area contributed by atoms with Crippen molar-refractivity contribution in [3.05, 3.63) is 95.4 Å². The number of carbonyl (C=O) groups excluding carboxylic acids is 2. The number of halogens is 1. The molecule has 3 amide bonds. The molecule has 34 heavy (non-hydrogen) atoms. The molecule has 1 unspecified atom stereocenters. The van der Waals surface area contributed by atoms with Gasteiger partial charge < -0.3 is 14.6 Å². The molecule has 0 spiro atoms. The number of H-pyrrole nitrogens is 1. The summed E-state index contributed by atoms with van der Waals surface area (Å²) in [6.45, 7) is 2.08. The van der Waals surface area contributed by atoms with Crippen LogP contribution in [-0.4, -0.2) is 35.5 Å². The molecule has 7 heteroatoms. The zero-order valence-electron chi connectivity index (χ0n) is 18.7. The third-order valence-corrected chi connectivity index (χ3v) is 7.13. The summed E-state index contributed by atoms with van der Waals surface area (Å²) >= 11 is 0. The second kappa shape index (κ2) is 7.18. The number of methoxy groups -OCH3 is 1. The lowest BCUT2D eigenvalue weighted by molar-refractivity contribution is -0.125. The maximum absolute atomic E-state index is 13.9. The van der Waals surface area contributed by atoms with Crippen LogP contribution in [0.1, 0.15) is 29.7 Å². The van der Waals surface area contributed by atoms with Gasteiger partial charge in [0.05, 0.1) is 18.5 Å². The molecule has 1 aromatic heterocycles. The van der Waals surface area contributed by atoms with Crippen LogP contribution in [0.3, 0.4) is 0 Å². The molecule has 2 aliphatic heterocycles. The zero-order valence-corrected chi connectivity index (χ0v) is 18.7. The highest BCUT2D eigenvalue weighted by atomic mass is 19.1. The van der Waals surface area contributed by atoms with E-state index < -0.39 is 17.4 Å². The van der Waals surface area contributed by atoms with E-state index in [1.165, 1.54) is 24.3 Å². The van der Waals surface area contributed by atoms with Gasteiger partial charge in [-0.25, -0.2) is 14.1 Å². The lowest BCUT2D eigenvalue weighted by atomic mass is 9.78. The van der Waals surface area contributed by atoms with Gasteiger partial charge in [-0.3, -0.25) is 4.79 Å². The topological polar surface area (TPSA) is 65.6 Å². The van der Waals surface area contributed by atoms with E-state index in [0.717, 1.165) is 32.7 Å². The number of aromatic amines is 1. The van der Waals surface area contributed by atoms with E-state index in [1.54, 1.807) is 18.9 Å². The number of nitrogens with zero attached hydrogens (tertiary/aromatic N) is 2. The number of para-hydroxylation sites is 2. The van der Waals surface area contributed by atoms with Gasteiger partial charge in [0.15, 0.2) is 5.54 Å². The highest BCUT2D eigenvalue weighted by Crippen LogP contribution is 2.51. The van der Waals surface area contributed by atoms with E-state index in [2.05, 4.69) is 4.98 Å². The second-order valence-corrected chi connectivity index (χ2v) is 8.84. The Morgan fingerprint density at radius 2 is 1.71 bits per heavy atom. The summed E-state index contributed by atoms with van der Waals surface area (Å²) in [7, 11) is 1.63. The van der Waals surface area contributed by atoms with Crippen molar-refractivity contribution < 1.29 is 18.7 Å².